The second kappa shape index (κ2) is 7.97. The highest BCUT2D eigenvalue weighted by Gasteiger charge is 2.32. The largest absolute Gasteiger partial charge is 0.574 e. The highest BCUT2D eigenvalue weighted by atomic mass is 19.4. The van der Waals surface area contributed by atoms with Gasteiger partial charge in [-0.15, -0.1) is 26.3 Å². The summed E-state index contributed by atoms with van der Waals surface area (Å²) >= 11 is 0. The minimum absolute atomic E-state index is 0.328. The molecule has 0 saturated heterocycles. The monoisotopic (exact) mass is 384 g/mol. The molecule has 0 radical (unpaired) electrons. The molecule has 2 rings (SSSR count). The number of aryl methyl sites for hydroxylation is 2. The van der Waals surface area contributed by atoms with Crippen LogP contribution in [-0.2, 0) is 0 Å². The number of anilines is 2. The van der Waals surface area contributed by atoms with E-state index in [1.165, 1.54) is 0 Å². The molecule has 0 aliphatic heterocycles. The van der Waals surface area contributed by atoms with Gasteiger partial charge in [0.25, 0.3) is 0 Å². The maximum Gasteiger partial charge on any atom is 0.574 e. The third-order valence-corrected chi connectivity index (χ3v) is 2.69. The molecule has 0 bridgehead atoms. The van der Waals surface area contributed by atoms with E-state index < -0.39 is 24.5 Å². The Balaban J connectivity index is 0.000000260. The molecule has 0 atom stereocenters. The minimum atomic E-state index is -4.71. The molecule has 0 aliphatic rings. The number of halogens is 6. The quantitative estimate of drug-likeness (QED) is 0.766. The topological polar surface area (TPSA) is 96.3 Å². The molecule has 2 heterocycles. The summed E-state index contributed by atoms with van der Waals surface area (Å²) in [6, 6.07) is 2.26. The fourth-order valence-corrected chi connectivity index (χ4v) is 1.43. The summed E-state index contributed by atoms with van der Waals surface area (Å²) in [4.78, 5) is 6.71. The molecule has 12 heteroatoms. The van der Waals surface area contributed by atoms with E-state index in [4.69, 9.17) is 11.5 Å². The van der Waals surface area contributed by atoms with E-state index in [2.05, 4.69) is 19.4 Å². The van der Waals surface area contributed by atoms with Gasteiger partial charge in [0.15, 0.2) is 0 Å². The van der Waals surface area contributed by atoms with Crippen LogP contribution >= 0.6 is 0 Å². The highest BCUT2D eigenvalue weighted by Crippen LogP contribution is 2.23. The zero-order valence-electron chi connectivity index (χ0n) is 13.4. The standard InChI is InChI=1S/2C7H7F3N2O/c2*1-4-2-6(12-3-5(4)11)13-7(8,9)10/h2*2-3H,11H2,1H3. The molecule has 0 spiro atoms. The van der Waals surface area contributed by atoms with Crippen molar-refractivity contribution in [2.75, 3.05) is 11.5 Å². The van der Waals surface area contributed by atoms with Gasteiger partial charge in [-0.3, -0.25) is 0 Å². The van der Waals surface area contributed by atoms with Crippen LogP contribution in [0.2, 0.25) is 0 Å². The molecule has 4 N–H and O–H groups in total. The number of aromatic nitrogens is 2. The number of nitrogens with two attached hydrogens (primary N) is 2. The Morgan fingerprint density at radius 2 is 1.04 bits per heavy atom. The molecule has 0 amide bonds. The Hall–Kier alpha value is -2.92. The number of nitrogen functional groups attached to an aromatic ring is 2. The van der Waals surface area contributed by atoms with Crippen molar-refractivity contribution >= 4 is 11.4 Å². The van der Waals surface area contributed by atoms with Gasteiger partial charge in [-0.05, 0) is 25.0 Å². The van der Waals surface area contributed by atoms with Gasteiger partial charge in [-0.2, -0.15) is 0 Å². The maximum atomic E-state index is 11.7. The van der Waals surface area contributed by atoms with Gasteiger partial charge in [-0.25, -0.2) is 9.97 Å². The van der Waals surface area contributed by atoms with E-state index in [9.17, 15) is 26.3 Å². The van der Waals surface area contributed by atoms with Crippen LogP contribution in [0.15, 0.2) is 24.5 Å². The first-order valence-electron chi connectivity index (χ1n) is 6.72. The van der Waals surface area contributed by atoms with E-state index in [1.54, 1.807) is 13.8 Å². The van der Waals surface area contributed by atoms with E-state index >= 15 is 0 Å². The van der Waals surface area contributed by atoms with E-state index in [1.807, 2.05) is 0 Å². The van der Waals surface area contributed by atoms with Crippen LogP contribution in [0.4, 0.5) is 37.7 Å². The summed E-state index contributed by atoms with van der Waals surface area (Å²) < 4.78 is 77.2. The molecule has 6 nitrogen and oxygen atoms in total. The van der Waals surface area contributed by atoms with Crippen LogP contribution in [-0.4, -0.2) is 22.7 Å². The van der Waals surface area contributed by atoms with Crippen LogP contribution in [0.25, 0.3) is 0 Å². The summed E-state index contributed by atoms with van der Waals surface area (Å²) in [5.74, 6) is -1.00. The van der Waals surface area contributed by atoms with Gasteiger partial charge in [0.1, 0.15) is 0 Å². The lowest BCUT2D eigenvalue weighted by Crippen LogP contribution is -2.18. The van der Waals surface area contributed by atoms with Crippen molar-refractivity contribution in [1.82, 2.24) is 9.97 Å². The molecule has 0 fully saturated rings. The number of nitrogens with zero attached hydrogens (tertiary/aromatic N) is 2. The van der Waals surface area contributed by atoms with Gasteiger partial charge in [0, 0.05) is 12.1 Å². The lowest BCUT2D eigenvalue weighted by Gasteiger charge is -2.08. The summed E-state index contributed by atoms with van der Waals surface area (Å²) in [6.07, 6.45) is -7.18. The van der Waals surface area contributed by atoms with Crippen molar-refractivity contribution in [3.8, 4) is 11.8 Å². The summed E-state index contributed by atoms with van der Waals surface area (Å²) in [5.41, 5.74) is 12.4. The zero-order valence-corrected chi connectivity index (χ0v) is 13.4. The van der Waals surface area contributed by atoms with Crippen LogP contribution in [0.1, 0.15) is 11.1 Å². The first-order chi connectivity index (χ1) is 11.8. The Bertz CT molecular complexity index is 686. The van der Waals surface area contributed by atoms with Crippen molar-refractivity contribution in [3.05, 3.63) is 35.7 Å². The summed E-state index contributed by atoms with van der Waals surface area (Å²) in [5, 5.41) is 0. The van der Waals surface area contributed by atoms with Gasteiger partial charge >= 0.3 is 12.7 Å². The van der Waals surface area contributed by atoms with Crippen LogP contribution in [0, 0.1) is 13.8 Å². The van der Waals surface area contributed by atoms with Crippen molar-refractivity contribution in [2.45, 2.75) is 26.6 Å². The van der Waals surface area contributed by atoms with E-state index in [0.717, 1.165) is 24.5 Å². The second-order valence-electron chi connectivity index (χ2n) is 4.85. The van der Waals surface area contributed by atoms with Crippen LogP contribution in [0.5, 0.6) is 11.8 Å². The molecule has 2 aromatic heterocycles. The normalized spacial score (nSPS) is 11.4. The fourth-order valence-electron chi connectivity index (χ4n) is 1.43. The zero-order chi connectivity index (χ0) is 20.1. The van der Waals surface area contributed by atoms with Gasteiger partial charge in [-0.1, -0.05) is 0 Å². The summed E-state index contributed by atoms with van der Waals surface area (Å²) in [6.45, 7) is 3.14. The van der Waals surface area contributed by atoms with Gasteiger partial charge in [0.2, 0.25) is 11.8 Å². The summed E-state index contributed by atoms with van der Waals surface area (Å²) in [7, 11) is 0. The lowest BCUT2D eigenvalue weighted by molar-refractivity contribution is -0.277. The second-order valence-corrected chi connectivity index (χ2v) is 4.85. The van der Waals surface area contributed by atoms with Crippen molar-refractivity contribution in [3.63, 3.8) is 0 Å². The van der Waals surface area contributed by atoms with Gasteiger partial charge < -0.3 is 20.9 Å². The molecular formula is C14H14F6N4O2. The Labute approximate surface area is 143 Å². The number of ether oxygens (including phenoxy) is 2. The van der Waals surface area contributed by atoms with Crippen molar-refractivity contribution in [1.29, 1.82) is 0 Å². The first kappa shape index (κ1) is 21.1. The Kier molecular flexibility index (Phi) is 6.48. The molecule has 26 heavy (non-hydrogen) atoms. The molecule has 0 saturated carbocycles. The Morgan fingerprint density at radius 1 is 0.731 bits per heavy atom. The average molecular weight is 384 g/mol. The SMILES string of the molecule is Cc1cc(OC(F)(F)F)ncc1N.Cc1cc(OC(F)(F)F)ncc1N. The number of rotatable bonds is 2. The number of hydrogen-bond acceptors (Lipinski definition) is 6. The molecule has 144 valence electrons. The lowest BCUT2D eigenvalue weighted by atomic mass is 10.2. The molecule has 0 unspecified atom stereocenters. The Morgan fingerprint density at radius 3 is 1.27 bits per heavy atom. The highest BCUT2D eigenvalue weighted by molar-refractivity contribution is 5.46. The number of hydrogen-bond donors (Lipinski definition) is 2. The molecule has 2 aromatic rings. The smallest absolute Gasteiger partial charge is 0.397 e. The molecule has 0 aliphatic carbocycles. The average Bonchev–Trinajstić information content (AvgIpc) is 2.44. The number of pyridine rings is 2. The number of alkyl halides is 6. The van der Waals surface area contributed by atoms with Crippen LogP contribution < -0.4 is 20.9 Å². The van der Waals surface area contributed by atoms with E-state index in [-0.39, 0.29) is 0 Å². The van der Waals surface area contributed by atoms with Crippen LogP contribution in [0.3, 0.4) is 0 Å². The van der Waals surface area contributed by atoms with Gasteiger partial charge in [0.05, 0.1) is 23.8 Å². The maximum absolute atomic E-state index is 11.7. The third-order valence-electron chi connectivity index (χ3n) is 2.69. The van der Waals surface area contributed by atoms with Crippen molar-refractivity contribution in [2.24, 2.45) is 0 Å². The predicted molar refractivity (Wildman–Crippen MR) is 80.1 cm³/mol. The predicted octanol–water partition coefficient (Wildman–Crippen LogP) is 3.74. The first-order valence-corrected chi connectivity index (χ1v) is 6.72. The molecule has 0 aromatic carbocycles. The van der Waals surface area contributed by atoms with E-state index in [0.29, 0.717) is 22.5 Å². The third kappa shape index (κ3) is 7.77. The fraction of sp³-hybridized carbons (Fsp3) is 0.286. The van der Waals surface area contributed by atoms with Crippen molar-refractivity contribution < 1.29 is 35.8 Å². The molecular weight excluding hydrogens is 370 g/mol. The minimum Gasteiger partial charge on any atom is -0.397 e.